The Labute approximate surface area is 105 Å². The van der Waals surface area contributed by atoms with Crippen LogP contribution < -0.4 is 5.32 Å². The molecule has 0 radical (unpaired) electrons. The van der Waals surface area contributed by atoms with Gasteiger partial charge in [-0.3, -0.25) is 5.32 Å². The molecular weight excluding hydrogens is 210 g/mol. The minimum absolute atomic E-state index is 0.334. The molecule has 1 aliphatic heterocycles. The van der Waals surface area contributed by atoms with Crippen LogP contribution in [0.15, 0.2) is 0 Å². The molecule has 2 bridgehead atoms. The highest BCUT2D eigenvalue weighted by molar-refractivity contribution is 5.16. The van der Waals surface area contributed by atoms with Crippen molar-refractivity contribution < 1.29 is 4.74 Å². The largest absolute Gasteiger partial charge is 0.359 e. The zero-order chi connectivity index (χ0) is 12.3. The monoisotopic (exact) mass is 237 g/mol. The van der Waals surface area contributed by atoms with Gasteiger partial charge in [0.1, 0.15) is 6.23 Å². The maximum Gasteiger partial charge on any atom is 0.108 e. The summed E-state index contributed by atoms with van der Waals surface area (Å²) in [6.07, 6.45) is 6.09. The lowest BCUT2D eigenvalue weighted by Gasteiger charge is -2.38. The highest BCUT2D eigenvalue weighted by Crippen LogP contribution is 2.70. The number of ether oxygens (including phenoxy) is 1. The van der Waals surface area contributed by atoms with Gasteiger partial charge >= 0.3 is 0 Å². The van der Waals surface area contributed by atoms with Crippen LogP contribution in [0.4, 0.5) is 0 Å². The van der Waals surface area contributed by atoms with E-state index < -0.39 is 0 Å². The first-order valence-corrected chi connectivity index (χ1v) is 7.39. The van der Waals surface area contributed by atoms with Gasteiger partial charge in [0.15, 0.2) is 0 Å². The number of fused-ring (bicyclic) bond motifs is 5. The summed E-state index contributed by atoms with van der Waals surface area (Å²) in [5, 5.41) is 3.55. The first-order valence-electron chi connectivity index (χ1n) is 7.39. The van der Waals surface area contributed by atoms with Gasteiger partial charge in [-0.15, -0.1) is 0 Å². The van der Waals surface area contributed by atoms with E-state index in [0.717, 1.165) is 18.4 Å². The molecule has 0 amide bonds. The summed E-state index contributed by atoms with van der Waals surface area (Å²) in [4.78, 5) is 0. The zero-order valence-corrected chi connectivity index (χ0v) is 11.8. The summed E-state index contributed by atoms with van der Waals surface area (Å²) in [6.45, 7) is 10.7. The Kier molecular flexibility index (Phi) is 2.61. The fourth-order valence-corrected chi connectivity index (χ4v) is 4.96. The lowest BCUT2D eigenvalue weighted by atomic mass is 9.70. The third kappa shape index (κ3) is 1.40. The average molecular weight is 237 g/mol. The molecule has 1 saturated heterocycles. The number of nitrogens with one attached hydrogen (secondary N) is 1. The molecule has 2 saturated carbocycles. The van der Waals surface area contributed by atoms with E-state index in [1.165, 1.54) is 25.7 Å². The van der Waals surface area contributed by atoms with Crippen LogP contribution in [0.25, 0.3) is 0 Å². The van der Waals surface area contributed by atoms with Crippen molar-refractivity contribution >= 4 is 0 Å². The highest BCUT2D eigenvalue weighted by Gasteiger charge is 2.68. The molecule has 3 aliphatic rings. The standard InChI is InChI=1S/C15H27NO/c1-5-8-16-12-9-10-11-6-7-15(4,13(10)17-12)14(11,2)3/h10-13,16H,5-9H2,1-4H3/t10-,11-,12+,13-,15+/m1/s1. The van der Waals surface area contributed by atoms with Crippen molar-refractivity contribution in [2.45, 2.75) is 65.7 Å². The maximum atomic E-state index is 6.35. The Morgan fingerprint density at radius 2 is 2.06 bits per heavy atom. The van der Waals surface area contributed by atoms with Crippen LogP contribution in [0.3, 0.4) is 0 Å². The molecule has 2 heteroatoms. The molecule has 5 atom stereocenters. The quantitative estimate of drug-likeness (QED) is 0.814. The van der Waals surface area contributed by atoms with Gasteiger partial charge in [-0.2, -0.15) is 0 Å². The second kappa shape index (κ2) is 3.71. The van der Waals surface area contributed by atoms with Gasteiger partial charge in [-0.05, 0) is 54.9 Å². The van der Waals surface area contributed by atoms with E-state index in [9.17, 15) is 0 Å². The van der Waals surface area contributed by atoms with E-state index in [1.54, 1.807) is 0 Å². The molecule has 3 fully saturated rings. The average Bonchev–Trinajstić information content (AvgIpc) is 2.83. The van der Waals surface area contributed by atoms with Crippen molar-refractivity contribution in [2.24, 2.45) is 22.7 Å². The molecular formula is C15H27NO. The van der Waals surface area contributed by atoms with Crippen LogP contribution in [0.2, 0.25) is 0 Å². The molecule has 0 aromatic heterocycles. The molecule has 0 unspecified atom stereocenters. The third-order valence-electron chi connectivity index (χ3n) is 6.33. The summed E-state index contributed by atoms with van der Waals surface area (Å²) < 4.78 is 6.35. The van der Waals surface area contributed by atoms with Gasteiger partial charge in [-0.25, -0.2) is 0 Å². The van der Waals surface area contributed by atoms with Crippen LogP contribution in [-0.4, -0.2) is 18.9 Å². The van der Waals surface area contributed by atoms with E-state index in [1.807, 2.05) is 0 Å². The molecule has 17 heavy (non-hydrogen) atoms. The summed E-state index contributed by atoms with van der Waals surface area (Å²) >= 11 is 0. The highest BCUT2D eigenvalue weighted by atomic mass is 16.5. The van der Waals surface area contributed by atoms with E-state index in [-0.39, 0.29) is 0 Å². The molecule has 0 aromatic rings. The fraction of sp³-hybridized carbons (Fsp3) is 1.00. The Morgan fingerprint density at radius 3 is 2.71 bits per heavy atom. The maximum absolute atomic E-state index is 6.35. The van der Waals surface area contributed by atoms with Crippen LogP contribution in [-0.2, 0) is 4.74 Å². The number of hydrogen-bond donors (Lipinski definition) is 1. The van der Waals surface area contributed by atoms with Crippen molar-refractivity contribution in [1.82, 2.24) is 5.32 Å². The minimum atomic E-state index is 0.334. The molecule has 3 rings (SSSR count). The van der Waals surface area contributed by atoms with Crippen molar-refractivity contribution in [2.75, 3.05) is 6.54 Å². The van der Waals surface area contributed by atoms with Gasteiger partial charge in [0, 0.05) is 0 Å². The summed E-state index contributed by atoms with van der Waals surface area (Å²) in [6, 6.07) is 0. The van der Waals surface area contributed by atoms with E-state index in [0.29, 0.717) is 23.2 Å². The van der Waals surface area contributed by atoms with E-state index >= 15 is 0 Å². The number of rotatable bonds is 3. The van der Waals surface area contributed by atoms with Crippen molar-refractivity contribution in [3.63, 3.8) is 0 Å². The topological polar surface area (TPSA) is 21.3 Å². The fourth-order valence-electron chi connectivity index (χ4n) is 4.96. The molecule has 2 aliphatic carbocycles. The van der Waals surface area contributed by atoms with Crippen LogP contribution in [0, 0.1) is 22.7 Å². The van der Waals surface area contributed by atoms with Gasteiger partial charge in [0.05, 0.1) is 6.10 Å². The molecule has 0 spiro atoms. The second-order valence-electron chi connectivity index (χ2n) is 7.18. The Balaban J connectivity index is 1.76. The van der Waals surface area contributed by atoms with Gasteiger partial charge in [0.2, 0.25) is 0 Å². The first kappa shape index (κ1) is 12.0. The summed E-state index contributed by atoms with van der Waals surface area (Å²) in [7, 11) is 0. The number of hydrogen-bond acceptors (Lipinski definition) is 2. The summed E-state index contributed by atoms with van der Waals surface area (Å²) in [5.74, 6) is 1.71. The lowest BCUT2D eigenvalue weighted by Crippen LogP contribution is -2.39. The van der Waals surface area contributed by atoms with E-state index in [4.69, 9.17) is 4.74 Å². The van der Waals surface area contributed by atoms with Gasteiger partial charge < -0.3 is 4.74 Å². The molecule has 0 aromatic carbocycles. The normalized spacial score (nSPS) is 50.8. The lowest BCUT2D eigenvalue weighted by molar-refractivity contribution is -0.0638. The minimum Gasteiger partial charge on any atom is -0.359 e. The predicted molar refractivity (Wildman–Crippen MR) is 69.7 cm³/mol. The SMILES string of the molecule is CCCN[C@@H]1C[C@@H]2[C@H]3CC[C@@](C)([C@@H]2O1)C3(C)C. The Hall–Kier alpha value is -0.0800. The van der Waals surface area contributed by atoms with Crippen LogP contribution in [0.5, 0.6) is 0 Å². The van der Waals surface area contributed by atoms with Crippen LogP contribution >= 0.6 is 0 Å². The third-order valence-corrected chi connectivity index (χ3v) is 6.33. The van der Waals surface area contributed by atoms with Crippen molar-refractivity contribution in [3.05, 3.63) is 0 Å². The second-order valence-corrected chi connectivity index (χ2v) is 7.18. The zero-order valence-electron chi connectivity index (χ0n) is 11.8. The van der Waals surface area contributed by atoms with Gasteiger partial charge in [0.25, 0.3) is 0 Å². The van der Waals surface area contributed by atoms with Crippen LogP contribution in [0.1, 0.15) is 53.4 Å². The Bertz CT molecular complexity index is 314. The first-order chi connectivity index (χ1) is 8.00. The molecule has 1 heterocycles. The molecule has 2 nitrogen and oxygen atoms in total. The molecule has 1 N–H and O–H groups in total. The van der Waals surface area contributed by atoms with E-state index in [2.05, 4.69) is 33.0 Å². The van der Waals surface area contributed by atoms with Gasteiger partial charge in [-0.1, -0.05) is 27.7 Å². The smallest absolute Gasteiger partial charge is 0.108 e. The summed E-state index contributed by atoms with van der Waals surface area (Å²) in [5.41, 5.74) is 0.906. The van der Waals surface area contributed by atoms with Crippen molar-refractivity contribution in [3.8, 4) is 0 Å². The Morgan fingerprint density at radius 1 is 1.29 bits per heavy atom. The predicted octanol–water partition coefficient (Wildman–Crippen LogP) is 3.17. The van der Waals surface area contributed by atoms with Crippen molar-refractivity contribution in [1.29, 1.82) is 0 Å². The molecule has 98 valence electrons.